The van der Waals surface area contributed by atoms with Gasteiger partial charge in [0.25, 0.3) is 0 Å². The maximum atomic E-state index is 10.3. The van der Waals surface area contributed by atoms with Gasteiger partial charge in [0.2, 0.25) is 5.91 Å². The number of carbonyl (C=O) groups excluding carboxylic acids is 1. The standard InChI is InChI=1S/C10H11NO2/c11-10(12)7-4-8-13-9-5-2-1-3-6-9/h1-7H,8H2,(H2,11,12). The average Bonchev–Trinajstić information content (AvgIpc) is 2.14. The Balaban J connectivity index is 2.32. The molecule has 0 fully saturated rings. The molecule has 13 heavy (non-hydrogen) atoms. The minimum atomic E-state index is -0.461. The Morgan fingerprint density at radius 3 is 2.69 bits per heavy atom. The lowest BCUT2D eigenvalue weighted by Crippen LogP contribution is -2.06. The van der Waals surface area contributed by atoms with Crippen molar-refractivity contribution in [3.8, 4) is 5.75 Å². The summed E-state index contributed by atoms with van der Waals surface area (Å²) in [4.78, 5) is 10.3. The fourth-order valence-corrected chi connectivity index (χ4v) is 0.825. The van der Waals surface area contributed by atoms with Gasteiger partial charge in [0.15, 0.2) is 0 Å². The summed E-state index contributed by atoms with van der Waals surface area (Å²) in [5, 5.41) is 0. The highest BCUT2D eigenvalue weighted by molar-refractivity contribution is 5.85. The second-order valence-electron chi connectivity index (χ2n) is 2.43. The molecule has 0 unspecified atom stereocenters. The van der Waals surface area contributed by atoms with Crippen molar-refractivity contribution in [2.24, 2.45) is 5.73 Å². The molecule has 0 bridgehead atoms. The van der Waals surface area contributed by atoms with Gasteiger partial charge in [-0.15, -0.1) is 0 Å². The van der Waals surface area contributed by atoms with Gasteiger partial charge in [-0.3, -0.25) is 4.79 Å². The number of hydrogen-bond donors (Lipinski definition) is 1. The number of nitrogens with two attached hydrogens (primary N) is 1. The van der Waals surface area contributed by atoms with Crippen molar-refractivity contribution in [3.63, 3.8) is 0 Å². The second-order valence-corrected chi connectivity index (χ2v) is 2.43. The Morgan fingerprint density at radius 1 is 1.38 bits per heavy atom. The summed E-state index contributed by atoms with van der Waals surface area (Å²) >= 11 is 0. The molecule has 1 amide bonds. The van der Waals surface area contributed by atoms with Crippen LogP contribution in [-0.2, 0) is 4.79 Å². The van der Waals surface area contributed by atoms with Crippen LogP contribution in [0.5, 0.6) is 5.75 Å². The van der Waals surface area contributed by atoms with Crippen LogP contribution in [0.2, 0.25) is 0 Å². The van der Waals surface area contributed by atoms with Gasteiger partial charge < -0.3 is 10.5 Å². The smallest absolute Gasteiger partial charge is 0.241 e. The molecule has 0 aliphatic carbocycles. The molecule has 1 aromatic rings. The maximum absolute atomic E-state index is 10.3. The molecule has 1 aromatic carbocycles. The molecule has 1 rings (SSSR count). The number of ether oxygens (including phenoxy) is 1. The van der Waals surface area contributed by atoms with Gasteiger partial charge in [0, 0.05) is 6.08 Å². The van der Waals surface area contributed by atoms with Gasteiger partial charge in [-0.25, -0.2) is 0 Å². The monoisotopic (exact) mass is 177 g/mol. The summed E-state index contributed by atoms with van der Waals surface area (Å²) in [5.41, 5.74) is 4.89. The van der Waals surface area contributed by atoms with E-state index in [2.05, 4.69) is 0 Å². The van der Waals surface area contributed by atoms with E-state index >= 15 is 0 Å². The van der Waals surface area contributed by atoms with E-state index in [0.29, 0.717) is 6.61 Å². The molecule has 3 nitrogen and oxygen atoms in total. The molecule has 0 heterocycles. The highest BCUT2D eigenvalue weighted by Gasteiger charge is 1.87. The number of benzene rings is 1. The molecule has 2 N–H and O–H groups in total. The van der Waals surface area contributed by atoms with E-state index in [-0.39, 0.29) is 0 Å². The van der Waals surface area contributed by atoms with Crippen molar-refractivity contribution in [1.29, 1.82) is 0 Å². The van der Waals surface area contributed by atoms with Gasteiger partial charge in [-0.05, 0) is 18.2 Å². The van der Waals surface area contributed by atoms with E-state index in [4.69, 9.17) is 10.5 Å². The van der Waals surface area contributed by atoms with E-state index in [1.165, 1.54) is 6.08 Å². The van der Waals surface area contributed by atoms with Gasteiger partial charge >= 0.3 is 0 Å². The highest BCUT2D eigenvalue weighted by Crippen LogP contribution is 2.07. The summed E-state index contributed by atoms with van der Waals surface area (Å²) in [6.45, 7) is 0.354. The number of hydrogen-bond acceptors (Lipinski definition) is 2. The summed E-state index contributed by atoms with van der Waals surface area (Å²) in [5.74, 6) is 0.313. The van der Waals surface area contributed by atoms with E-state index < -0.39 is 5.91 Å². The fraction of sp³-hybridized carbons (Fsp3) is 0.100. The number of amides is 1. The third-order valence-electron chi connectivity index (χ3n) is 1.37. The zero-order valence-electron chi connectivity index (χ0n) is 7.14. The van der Waals surface area contributed by atoms with Gasteiger partial charge in [0.05, 0.1) is 0 Å². The van der Waals surface area contributed by atoms with Gasteiger partial charge in [0.1, 0.15) is 12.4 Å². The highest BCUT2D eigenvalue weighted by atomic mass is 16.5. The summed E-state index contributed by atoms with van der Waals surface area (Å²) < 4.78 is 5.26. The number of primary amides is 1. The summed E-state index contributed by atoms with van der Waals surface area (Å²) in [7, 11) is 0. The van der Waals surface area contributed by atoms with Crippen molar-refractivity contribution in [2.45, 2.75) is 0 Å². The molecule has 0 aromatic heterocycles. The zero-order chi connectivity index (χ0) is 9.52. The molecule has 0 saturated heterocycles. The Hall–Kier alpha value is -1.77. The van der Waals surface area contributed by atoms with Gasteiger partial charge in [-0.1, -0.05) is 18.2 Å². The van der Waals surface area contributed by atoms with E-state index in [1.54, 1.807) is 6.08 Å². The third kappa shape index (κ3) is 3.96. The molecule has 68 valence electrons. The zero-order valence-corrected chi connectivity index (χ0v) is 7.14. The van der Waals surface area contributed by atoms with Crippen LogP contribution in [0.15, 0.2) is 42.5 Å². The lowest BCUT2D eigenvalue weighted by Gasteiger charge is -2.00. The van der Waals surface area contributed by atoms with E-state index in [0.717, 1.165) is 5.75 Å². The predicted molar refractivity (Wildman–Crippen MR) is 50.3 cm³/mol. The normalized spacial score (nSPS) is 10.2. The first kappa shape index (κ1) is 9.32. The fourth-order valence-electron chi connectivity index (χ4n) is 0.825. The van der Waals surface area contributed by atoms with Crippen LogP contribution in [-0.4, -0.2) is 12.5 Å². The van der Waals surface area contributed by atoms with Crippen LogP contribution in [0, 0.1) is 0 Å². The van der Waals surface area contributed by atoms with Gasteiger partial charge in [-0.2, -0.15) is 0 Å². The molecule has 0 aliphatic heterocycles. The molecule has 0 spiro atoms. The number of carbonyl (C=O) groups is 1. The lowest BCUT2D eigenvalue weighted by atomic mass is 10.3. The predicted octanol–water partition coefficient (Wildman–Crippen LogP) is 1.11. The van der Waals surface area contributed by atoms with E-state index in [1.807, 2.05) is 30.3 Å². The molecular weight excluding hydrogens is 166 g/mol. The van der Waals surface area contributed by atoms with Crippen LogP contribution in [0.3, 0.4) is 0 Å². The minimum absolute atomic E-state index is 0.354. The average molecular weight is 177 g/mol. The first-order valence-corrected chi connectivity index (χ1v) is 3.93. The Morgan fingerprint density at radius 2 is 2.08 bits per heavy atom. The van der Waals surface area contributed by atoms with Crippen LogP contribution in [0.4, 0.5) is 0 Å². The summed E-state index contributed by atoms with van der Waals surface area (Å²) in [6, 6.07) is 9.36. The van der Waals surface area contributed by atoms with E-state index in [9.17, 15) is 4.79 Å². The van der Waals surface area contributed by atoms with Crippen LogP contribution >= 0.6 is 0 Å². The topological polar surface area (TPSA) is 52.3 Å². The minimum Gasteiger partial charge on any atom is -0.490 e. The first-order valence-electron chi connectivity index (χ1n) is 3.93. The molecular formula is C10H11NO2. The van der Waals surface area contributed by atoms with Crippen LogP contribution in [0.25, 0.3) is 0 Å². The van der Waals surface area contributed by atoms with Crippen LogP contribution < -0.4 is 10.5 Å². The van der Waals surface area contributed by atoms with Crippen molar-refractivity contribution in [1.82, 2.24) is 0 Å². The molecule has 3 heteroatoms. The van der Waals surface area contributed by atoms with Crippen molar-refractivity contribution < 1.29 is 9.53 Å². The largest absolute Gasteiger partial charge is 0.490 e. The first-order chi connectivity index (χ1) is 6.29. The maximum Gasteiger partial charge on any atom is 0.241 e. The van der Waals surface area contributed by atoms with Crippen molar-refractivity contribution in [3.05, 3.63) is 42.5 Å². The Kier molecular flexibility index (Phi) is 3.57. The lowest BCUT2D eigenvalue weighted by molar-refractivity contribution is -0.113. The second kappa shape index (κ2) is 4.98. The SMILES string of the molecule is NC(=O)C=CCOc1ccccc1. The quantitative estimate of drug-likeness (QED) is 0.700. The number of rotatable bonds is 4. The van der Waals surface area contributed by atoms with Crippen molar-refractivity contribution >= 4 is 5.91 Å². The summed E-state index contributed by atoms with van der Waals surface area (Å²) in [6.07, 6.45) is 2.86. The Bertz CT molecular complexity index is 293. The molecule has 0 radical (unpaired) electrons. The van der Waals surface area contributed by atoms with Crippen molar-refractivity contribution in [2.75, 3.05) is 6.61 Å². The number of para-hydroxylation sites is 1. The molecule has 0 saturated carbocycles. The molecule has 0 atom stereocenters. The Labute approximate surface area is 76.8 Å². The molecule has 0 aliphatic rings. The third-order valence-corrected chi connectivity index (χ3v) is 1.37. The van der Waals surface area contributed by atoms with Crippen LogP contribution in [0.1, 0.15) is 0 Å².